The third kappa shape index (κ3) is 4.64. The van der Waals surface area contributed by atoms with Gasteiger partial charge in [0.15, 0.2) is 0 Å². The van der Waals surface area contributed by atoms with Crippen molar-refractivity contribution in [1.29, 1.82) is 0 Å². The van der Waals surface area contributed by atoms with E-state index in [0.717, 1.165) is 25.8 Å². The fourth-order valence-electron chi connectivity index (χ4n) is 2.44. The summed E-state index contributed by atoms with van der Waals surface area (Å²) in [5.74, 6) is 0.175. The second-order valence-corrected chi connectivity index (χ2v) is 5.32. The zero-order chi connectivity index (χ0) is 12.7. The lowest BCUT2D eigenvalue weighted by molar-refractivity contribution is -0.128. The molecule has 0 unspecified atom stereocenters. The highest BCUT2D eigenvalue weighted by atomic mass is 16.3. The van der Waals surface area contributed by atoms with Crippen molar-refractivity contribution in [2.24, 2.45) is 0 Å². The Balaban J connectivity index is 2.22. The molecule has 0 atom stereocenters. The van der Waals surface area contributed by atoms with Gasteiger partial charge in [-0.15, -0.1) is 0 Å². The fourth-order valence-corrected chi connectivity index (χ4v) is 2.44. The highest BCUT2D eigenvalue weighted by molar-refractivity contribution is 5.75. The number of hydrogen-bond acceptors (Lipinski definition) is 3. The first-order valence-electron chi connectivity index (χ1n) is 6.66. The van der Waals surface area contributed by atoms with Crippen LogP contribution in [0.4, 0.5) is 0 Å². The fraction of sp³-hybridized carbons (Fsp3) is 0.923. The first-order valence-corrected chi connectivity index (χ1v) is 6.66. The van der Waals surface area contributed by atoms with Crippen molar-refractivity contribution in [3.8, 4) is 0 Å². The van der Waals surface area contributed by atoms with Crippen molar-refractivity contribution < 1.29 is 9.90 Å². The zero-order valence-corrected chi connectivity index (χ0v) is 11.2. The van der Waals surface area contributed by atoms with Gasteiger partial charge in [-0.2, -0.15) is 0 Å². The van der Waals surface area contributed by atoms with Crippen molar-refractivity contribution in [3.63, 3.8) is 0 Å². The van der Waals surface area contributed by atoms with Gasteiger partial charge in [0, 0.05) is 26.1 Å². The van der Waals surface area contributed by atoms with E-state index in [1.165, 1.54) is 19.3 Å². The molecule has 0 saturated heterocycles. The van der Waals surface area contributed by atoms with Crippen LogP contribution in [0.25, 0.3) is 0 Å². The quantitative estimate of drug-likeness (QED) is 0.687. The Morgan fingerprint density at radius 3 is 2.47 bits per heavy atom. The van der Waals surface area contributed by atoms with Gasteiger partial charge < -0.3 is 15.3 Å². The van der Waals surface area contributed by atoms with Gasteiger partial charge in [0.2, 0.25) is 5.91 Å². The predicted molar refractivity (Wildman–Crippen MR) is 68.8 cm³/mol. The van der Waals surface area contributed by atoms with E-state index >= 15 is 0 Å². The third-order valence-electron chi connectivity index (χ3n) is 3.68. The van der Waals surface area contributed by atoms with Crippen molar-refractivity contribution in [1.82, 2.24) is 10.2 Å². The van der Waals surface area contributed by atoms with E-state index in [1.54, 1.807) is 19.0 Å². The lowest BCUT2D eigenvalue weighted by atomic mass is 9.82. The lowest BCUT2D eigenvalue weighted by Crippen LogP contribution is -2.50. The zero-order valence-electron chi connectivity index (χ0n) is 11.2. The molecule has 4 heteroatoms. The second-order valence-electron chi connectivity index (χ2n) is 5.32. The first-order chi connectivity index (χ1) is 8.09. The maximum Gasteiger partial charge on any atom is 0.222 e. The number of nitrogens with zero attached hydrogens (tertiary/aromatic N) is 1. The van der Waals surface area contributed by atoms with Crippen LogP contribution in [-0.2, 0) is 4.79 Å². The SMILES string of the molecule is CN(C)C(=O)CCCNC1(CO)CCCCC1. The highest BCUT2D eigenvalue weighted by Crippen LogP contribution is 2.27. The second kappa shape index (κ2) is 6.97. The molecule has 0 bridgehead atoms. The van der Waals surface area contributed by atoms with E-state index < -0.39 is 0 Å². The summed E-state index contributed by atoms with van der Waals surface area (Å²) < 4.78 is 0. The van der Waals surface area contributed by atoms with Crippen LogP contribution in [0.3, 0.4) is 0 Å². The number of hydrogen-bond donors (Lipinski definition) is 2. The Bertz CT molecular complexity index is 236. The molecule has 0 aromatic heterocycles. The molecule has 0 radical (unpaired) electrons. The van der Waals surface area contributed by atoms with Gasteiger partial charge >= 0.3 is 0 Å². The number of aliphatic hydroxyl groups is 1. The number of amides is 1. The molecular formula is C13H26N2O2. The largest absolute Gasteiger partial charge is 0.394 e. The van der Waals surface area contributed by atoms with Crippen LogP contribution < -0.4 is 5.32 Å². The predicted octanol–water partition coefficient (Wildman–Crippen LogP) is 1.14. The molecule has 1 aliphatic rings. The average molecular weight is 242 g/mol. The van der Waals surface area contributed by atoms with Crippen molar-refractivity contribution in [2.45, 2.75) is 50.5 Å². The molecule has 100 valence electrons. The molecule has 0 spiro atoms. The molecule has 0 heterocycles. The van der Waals surface area contributed by atoms with Crippen LogP contribution in [0.2, 0.25) is 0 Å². The van der Waals surface area contributed by atoms with Gasteiger partial charge in [0.1, 0.15) is 0 Å². The molecular weight excluding hydrogens is 216 g/mol. The Labute approximate surface area is 104 Å². The van der Waals surface area contributed by atoms with Crippen LogP contribution in [0.15, 0.2) is 0 Å². The molecule has 0 aromatic carbocycles. The summed E-state index contributed by atoms with van der Waals surface area (Å²) in [6.07, 6.45) is 7.23. The standard InChI is InChI=1S/C13H26N2O2/c1-15(2)12(17)7-6-10-14-13(11-16)8-4-3-5-9-13/h14,16H,3-11H2,1-2H3. The van der Waals surface area contributed by atoms with Crippen LogP contribution in [0.1, 0.15) is 44.9 Å². The molecule has 17 heavy (non-hydrogen) atoms. The Morgan fingerprint density at radius 1 is 1.29 bits per heavy atom. The van der Waals surface area contributed by atoms with Crippen LogP contribution in [0.5, 0.6) is 0 Å². The highest BCUT2D eigenvalue weighted by Gasteiger charge is 2.30. The molecule has 1 aliphatic carbocycles. The smallest absolute Gasteiger partial charge is 0.222 e. The van der Waals surface area contributed by atoms with E-state index in [1.807, 2.05) is 0 Å². The lowest BCUT2D eigenvalue weighted by Gasteiger charge is -2.36. The number of carbonyl (C=O) groups is 1. The van der Waals surface area contributed by atoms with Crippen molar-refractivity contribution in [3.05, 3.63) is 0 Å². The molecule has 1 amide bonds. The van der Waals surface area contributed by atoms with E-state index in [9.17, 15) is 9.90 Å². The van der Waals surface area contributed by atoms with Crippen molar-refractivity contribution >= 4 is 5.91 Å². The van der Waals surface area contributed by atoms with Crippen LogP contribution >= 0.6 is 0 Å². The van der Waals surface area contributed by atoms with Gasteiger partial charge in [-0.3, -0.25) is 4.79 Å². The average Bonchev–Trinajstić information content (AvgIpc) is 2.35. The summed E-state index contributed by atoms with van der Waals surface area (Å²) in [7, 11) is 3.57. The minimum atomic E-state index is -0.0700. The minimum absolute atomic E-state index is 0.0700. The maximum absolute atomic E-state index is 11.4. The Hall–Kier alpha value is -0.610. The number of carbonyl (C=O) groups excluding carboxylic acids is 1. The first kappa shape index (κ1) is 14.5. The number of rotatable bonds is 6. The molecule has 2 N–H and O–H groups in total. The number of nitrogens with one attached hydrogen (secondary N) is 1. The summed E-state index contributed by atoms with van der Waals surface area (Å²) >= 11 is 0. The number of aliphatic hydroxyl groups excluding tert-OH is 1. The summed E-state index contributed by atoms with van der Waals surface area (Å²) in [4.78, 5) is 13.0. The summed E-state index contributed by atoms with van der Waals surface area (Å²) in [5.41, 5.74) is -0.0700. The molecule has 4 nitrogen and oxygen atoms in total. The summed E-state index contributed by atoms with van der Waals surface area (Å²) in [6, 6.07) is 0. The molecule has 0 aromatic rings. The minimum Gasteiger partial charge on any atom is -0.394 e. The molecule has 1 rings (SSSR count). The Kier molecular flexibility index (Phi) is 5.92. The van der Waals surface area contributed by atoms with E-state index in [0.29, 0.717) is 6.42 Å². The maximum atomic E-state index is 11.4. The van der Waals surface area contributed by atoms with Crippen LogP contribution in [-0.4, -0.2) is 48.7 Å². The molecule has 1 saturated carbocycles. The van der Waals surface area contributed by atoms with Crippen molar-refractivity contribution in [2.75, 3.05) is 27.2 Å². The van der Waals surface area contributed by atoms with E-state index in [4.69, 9.17) is 0 Å². The van der Waals surface area contributed by atoms with E-state index in [2.05, 4.69) is 5.32 Å². The topological polar surface area (TPSA) is 52.6 Å². The molecule has 1 fully saturated rings. The summed E-state index contributed by atoms with van der Waals surface area (Å²) in [5, 5.41) is 13.0. The van der Waals surface area contributed by atoms with Crippen LogP contribution in [0, 0.1) is 0 Å². The monoisotopic (exact) mass is 242 g/mol. The Morgan fingerprint density at radius 2 is 1.94 bits per heavy atom. The van der Waals surface area contributed by atoms with Gasteiger partial charge in [-0.25, -0.2) is 0 Å². The van der Waals surface area contributed by atoms with Gasteiger partial charge in [0.05, 0.1) is 6.61 Å². The van der Waals surface area contributed by atoms with Gasteiger partial charge in [-0.1, -0.05) is 19.3 Å². The van der Waals surface area contributed by atoms with E-state index in [-0.39, 0.29) is 18.1 Å². The normalized spacial score (nSPS) is 19.0. The van der Waals surface area contributed by atoms with Gasteiger partial charge in [-0.05, 0) is 25.8 Å². The third-order valence-corrected chi connectivity index (χ3v) is 3.68. The van der Waals surface area contributed by atoms with Gasteiger partial charge in [0.25, 0.3) is 0 Å². The summed E-state index contributed by atoms with van der Waals surface area (Å²) in [6.45, 7) is 1.04. The molecule has 0 aliphatic heterocycles.